The highest BCUT2D eigenvalue weighted by atomic mass is 16.2. The van der Waals surface area contributed by atoms with Crippen molar-refractivity contribution in [2.45, 2.75) is 52.5 Å². The largest absolute Gasteiger partial charge is 0.338 e. The Balaban J connectivity index is 2.54. The van der Waals surface area contributed by atoms with Crippen LogP contribution in [0.2, 0.25) is 0 Å². The summed E-state index contributed by atoms with van der Waals surface area (Å²) in [6.45, 7) is 9.21. The Morgan fingerprint density at radius 1 is 1.50 bits per heavy atom. The molecule has 1 amide bonds. The number of hydrogen-bond donors (Lipinski definition) is 1. The first-order valence-corrected chi connectivity index (χ1v) is 6.71. The van der Waals surface area contributed by atoms with E-state index < -0.39 is 0 Å². The molecule has 1 aliphatic rings. The minimum atomic E-state index is 0.187. The van der Waals surface area contributed by atoms with E-state index in [0.29, 0.717) is 11.9 Å². The molecule has 16 heavy (non-hydrogen) atoms. The molecule has 2 unspecified atom stereocenters. The molecule has 0 aromatic rings. The Bertz CT molecular complexity index is 212. The Hall–Kier alpha value is -0.570. The lowest BCUT2D eigenvalue weighted by molar-refractivity contribution is -0.137. The maximum atomic E-state index is 12.3. The van der Waals surface area contributed by atoms with Crippen molar-refractivity contribution >= 4 is 5.91 Å². The molecule has 0 bridgehead atoms. The van der Waals surface area contributed by atoms with Crippen molar-refractivity contribution in [3.05, 3.63) is 0 Å². The third-order valence-corrected chi connectivity index (χ3v) is 3.48. The first-order chi connectivity index (χ1) is 7.70. The third-order valence-electron chi connectivity index (χ3n) is 3.48. The van der Waals surface area contributed by atoms with Crippen LogP contribution in [0.4, 0.5) is 0 Å². The lowest BCUT2D eigenvalue weighted by Crippen LogP contribution is -2.50. The van der Waals surface area contributed by atoms with E-state index in [0.717, 1.165) is 38.9 Å². The number of amides is 1. The number of piperidine rings is 1. The zero-order chi connectivity index (χ0) is 12.0. The van der Waals surface area contributed by atoms with Crippen molar-refractivity contribution in [1.82, 2.24) is 10.2 Å². The van der Waals surface area contributed by atoms with Crippen LogP contribution in [0.15, 0.2) is 0 Å². The Morgan fingerprint density at radius 3 is 2.75 bits per heavy atom. The van der Waals surface area contributed by atoms with Gasteiger partial charge in [0.1, 0.15) is 0 Å². The van der Waals surface area contributed by atoms with Crippen molar-refractivity contribution in [3.8, 4) is 0 Å². The second-order valence-corrected chi connectivity index (χ2v) is 4.81. The summed E-state index contributed by atoms with van der Waals surface area (Å²) in [5, 5.41) is 3.38. The smallest absolute Gasteiger partial charge is 0.225 e. The first kappa shape index (κ1) is 13.5. The highest BCUT2D eigenvalue weighted by Gasteiger charge is 2.26. The van der Waals surface area contributed by atoms with Crippen molar-refractivity contribution in [3.63, 3.8) is 0 Å². The molecule has 0 aromatic heterocycles. The Kier molecular flexibility index (Phi) is 5.81. The summed E-state index contributed by atoms with van der Waals surface area (Å²) in [5.74, 6) is 0.532. The molecule has 0 aromatic carbocycles. The molecule has 1 heterocycles. The Morgan fingerprint density at radius 2 is 2.25 bits per heavy atom. The van der Waals surface area contributed by atoms with Crippen LogP contribution in [0.3, 0.4) is 0 Å². The van der Waals surface area contributed by atoms with E-state index in [9.17, 15) is 4.79 Å². The van der Waals surface area contributed by atoms with Crippen LogP contribution in [0.5, 0.6) is 0 Å². The number of nitrogens with zero attached hydrogens (tertiary/aromatic N) is 1. The van der Waals surface area contributed by atoms with Crippen molar-refractivity contribution < 1.29 is 4.79 Å². The zero-order valence-electron chi connectivity index (χ0n) is 11.0. The van der Waals surface area contributed by atoms with E-state index in [1.54, 1.807) is 0 Å². The number of nitrogens with one attached hydrogen (secondary N) is 1. The molecule has 1 fully saturated rings. The molecular formula is C13H26N2O. The average molecular weight is 226 g/mol. The van der Waals surface area contributed by atoms with Crippen molar-refractivity contribution in [2.24, 2.45) is 5.92 Å². The molecule has 1 rings (SSSR count). The van der Waals surface area contributed by atoms with Crippen molar-refractivity contribution in [2.75, 3.05) is 19.6 Å². The molecule has 1 N–H and O–H groups in total. The van der Waals surface area contributed by atoms with Crippen LogP contribution in [0.1, 0.15) is 46.5 Å². The summed E-state index contributed by atoms with van der Waals surface area (Å²) in [5.41, 5.74) is 0. The van der Waals surface area contributed by atoms with Gasteiger partial charge in [-0.3, -0.25) is 4.79 Å². The molecule has 0 spiro atoms. The normalized spacial score (nSPS) is 22.8. The predicted octanol–water partition coefficient (Wildman–Crippen LogP) is 2.02. The van der Waals surface area contributed by atoms with Crippen LogP contribution in [0.25, 0.3) is 0 Å². The van der Waals surface area contributed by atoms with Gasteiger partial charge in [0.15, 0.2) is 0 Å². The zero-order valence-corrected chi connectivity index (χ0v) is 11.0. The van der Waals surface area contributed by atoms with Gasteiger partial charge in [-0.2, -0.15) is 0 Å². The van der Waals surface area contributed by atoms with E-state index in [-0.39, 0.29) is 5.92 Å². The lowest BCUT2D eigenvalue weighted by Gasteiger charge is -2.35. The van der Waals surface area contributed by atoms with Gasteiger partial charge in [-0.05, 0) is 32.7 Å². The summed E-state index contributed by atoms with van der Waals surface area (Å²) in [6.07, 6.45) is 4.45. The SMILES string of the molecule is CCCC(C)C(=O)N(CC)C1CCCNC1. The molecule has 0 saturated carbocycles. The second kappa shape index (κ2) is 6.89. The summed E-state index contributed by atoms with van der Waals surface area (Å²) in [6, 6.07) is 0.422. The van der Waals surface area contributed by atoms with E-state index in [1.807, 2.05) is 0 Å². The van der Waals surface area contributed by atoms with E-state index in [2.05, 4.69) is 31.0 Å². The van der Waals surface area contributed by atoms with Gasteiger partial charge < -0.3 is 10.2 Å². The molecule has 1 aliphatic heterocycles. The number of likely N-dealkylation sites (N-methyl/N-ethyl adjacent to an activating group) is 1. The number of carbonyl (C=O) groups is 1. The molecule has 2 atom stereocenters. The minimum absolute atomic E-state index is 0.187. The fourth-order valence-electron chi connectivity index (χ4n) is 2.53. The fourth-order valence-corrected chi connectivity index (χ4v) is 2.53. The molecule has 0 radical (unpaired) electrons. The van der Waals surface area contributed by atoms with Crippen LogP contribution < -0.4 is 5.32 Å². The summed E-state index contributed by atoms with van der Waals surface area (Å²) >= 11 is 0. The first-order valence-electron chi connectivity index (χ1n) is 6.71. The second-order valence-electron chi connectivity index (χ2n) is 4.81. The average Bonchev–Trinajstić information content (AvgIpc) is 2.31. The van der Waals surface area contributed by atoms with Crippen LogP contribution in [0, 0.1) is 5.92 Å². The highest BCUT2D eigenvalue weighted by molar-refractivity contribution is 5.78. The molecule has 0 aliphatic carbocycles. The standard InChI is InChI=1S/C13H26N2O/c1-4-7-11(3)13(16)15(5-2)12-8-6-9-14-10-12/h11-12,14H,4-10H2,1-3H3. The monoisotopic (exact) mass is 226 g/mol. The van der Waals surface area contributed by atoms with Gasteiger partial charge in [0.25, 0.3) is 0 Å². The van der Waals surface area contributed by atoms with E-state index >= 15 is 0 Å². The van der Waals surface area contributed by atoms with Crippen LogP contribution in [-0.2, 0) is 4.79 Å². The highest BCUT2D eigenvalue weighted by Crippen LogP contribution is 2.16. The summed E-state index contributed by atoms with van der Waals surface area (Å²) < 4.78 is 0. The van der Waals surface area contributed by atoms with Crippen LogP contribution >= 0.6 is 0 Å². The maximum absolute atomic E-state index is 12.3. The van der Waals surface area contributed by atoms with E-state index in [4.69, 9.17) is 0 Å². The van der Waals surface area contributed by atoms with Gasteiger partial charge in [-0.15, -0.1) is 0 Å². The number of rotatable bonds is 5. The molecular weight excluding hydrogens is 200 g/mol. The number of carbonyl (C=O) groups excluding carboxylic acids is 1. The van der Waals surface area contributed by atoms with Gasteiger partial charge in [-0.25, -0.2) is 0 Å². The number of hydrogen-bond acceptors (Lipinski definition) is 2. The lowest BCUT2D eigenvalue weighted by atomic mass is 10.0. The van der Waals surface area contributed by atoms with Crippen LogP contribution in [-0.4, -0.2) is 36.5 Å². The third kappa shape index (κ3) is 3.48. The van der Waals surface area contributed by atoms with Crippen molar-refractivity contribution in [1.29, 1.82) is 0 Å². The quantitative estimate of drug-likeness (QED) is 0.778. The van der Waals surface area contributed by atoms with Gasteiger partial charge >= 0.3 is 0 Å². The molecule has 1 saturated heterocycles. The van der Waals surface area contributed by atoms with Gasteiger partial charge in [-0.1, -0.05) is 20.3 Å². The topological polar surface area (TPSA) is 32.3 Å². The fraction of sp³-hybridized carbons (Fsp3) is 0.923. The summed E-state index contributed by atoms with van der Waals surface area (Å²) in [7, 11) is 0. The van der Waals surface area contributed by atoms with Gasteiger partial charge in [0.05, 0.1) is 0 Å². The molecule has 94 valence electrons. The predicted molar refractivity (Wildman–Crippen MR) is 67.4 cm³/mol. The summed E-state index contributed by atoms with van der Waals surface area (Å²) in [4.78, 5) is 14.3. The molecule has 3 heteroatoms. The van der Waals surface area contributed by atoms with Gasteiger partial charge in [0, 0.05) is 25.0 Å². The minimum Gasteiger partial charge on any atom is -0.338 e. The van der Waals surface area contributed by atoms with E-state index in [1.165, 1.54) is 6.42 Å². The Labute approximate surface area is 99.6 Å². The van der Waals surface area contributed by atoms with Gasteiger partial charge in [0.2, 0.25) is 5.91 Å². The maximum Gasteiger partial charge on any atom is 0.225 e. The molecule has 3 nitrogen and oxygen atoms in total.